The highest BCUT2D eigenvalue weighted by Crippen LogP contribution is 2.29. The summed E-state index contributed by atoms with van der Waals surface area (Å²) < 4.78 is 5.33. The van der Waals surface area contributed by atoms with E-state index in [9.17, 15) is 4.79 Å². The van der Waals surface area contributed by atoms with Gasteiger partial charge in [-0.3, -0.25) is 4.79 Å². The highest BCUT2D eigenvalue weighted by molar-refractivity contribution is 5.84. The number of carbonyl (C=O) groups excluding carboxylic acids is 1. The van der Waals surface area contributed by atoms with Crippen molar-refractivity contribution in [3.63, 3.8) is 0 Å². The van der Waals surface area contributed by atoms with E-state index in [1.54, 1.807) is 14.0 Å². The van der Waals surface area contributed by atoms with Crippen molar-refractivity contribution in [3.05, 3.63) is 6.33 Å². The zero-order valence-electron chi connectivity index (χ0n) is 12.5. The molecule has 3 N–H and O–H groups in total. The molecule has 1 atom stereocenters. The van der Waals surface area contributed by atoms with Crippen molar-refractivity contribution < 1.29 is 9.53 Å². The Hall–Kier alpha value is -2.05. The first-order valence-electron chi connectivity index (χ1n) is 6.81. The van der Waals surface area contributed by atoms with Crippen LogP contribution < -0.4 is 20.7 Å². The number of ether oxygens (including phenoxy) is 1. The summed E-state index contributed by atoms with van der Waals surface area (Å²) in [6.07, 6.45) is 2.42. The van der Waals surface area contributed by atoms with Crippen LogP contribution in [0.3, 0.4) is 0 Å². The first-order chi connectivity index (χ1) is 9.63. The smallest absolute Gasteiger partial charge is 0.242 e. The van der Waals surface area contributed by atoms with Crippen LogP contribution in [0.15, 0.2) is 6.33 Å². The van der Waals surface area contributed by atoms with Crippen LogP contribution in [0.5, 0.6) is 5.75 Å². The highest BCUT2D eigenvalue weighted by atomic mass is 16.5. The average molecular weight is 281 g/mol. The van der Waals surface area contributed by atoms with Gasteiger partial charge >= 0.3 is 0 Å². The van der Waals surface area contributed by atoms with Gasteiger partial charge in [-0.05, 0) is 20.3 Å². The van der Waals surface area contributed by atoms with Gasteiger partial charge in [0.15, 0.2) is 11.6 Å². The molecule has 1 rings (SSSR count). The monoisotopic (exact) mass is 281 g/mol. The van der Waals surface area contributed by atoms with Crippen LogP contribution in [0.2, 0.25) is 0 Å². The van der Waals surface area contributed by atoms with Gasteiger partial charge in [-0.15, -0.1) is 0 Å². The fraction of sp³-hybridized carbons (Fsp3) is 0.615. The molecule has 0 aromatic carbocycles. The molecule has 0 spiro atoms. The second-order valence-electron chi connectivity index (χ2n) is 4.29. The normalized spacial score (nSPS) is 11.6. The Labute approximate surface area is 119 Å². The van der Waals surface area contributed by atoms with E-state index in [0.717, 1.165) is 13.0 Å². The van der Waals surface area contributed by atoms with Gasteiger partial charge in [0.25, 0.3) is 0 Å². The van der Waals surface area contributed by atoms with E-state index in [1.165, 1.54) is 6.33 Å². The Balaban J connectivity index is 2.86. The molecule has 0 saturated heterocycles. The minimum atomic E-state index is -0.405. The number of aromatic nitrogens is 2. The summed E-state index contributed by atoms with van der Waals surface area (Å²) in [4.78, 5) is 20.0. The molecule has 1 aromatic heterocycles. The Morgan fingerprint density at radius 1 is 1.35 bits per heavy atom. The molecule has 7 heteroatoms. The second-order valence-corrected chi connectivity index (χ2v) is 4.29. The Bertz CT molecular complexity index is 439. The fourth-order valence-corrected chi connectivity index (χ4v) is 1.64. The summed E-state index contributed by atoms with van der Waals surface area (Å²) in [6.45, 7) is 7.10. The van der Waals surface area contributed by atoms with Gasteiger partial charge in [-0.25, -0.2) is 9.97 Å². The maximum Gasteiger partial charge on any atom is 0.242 e. The molecule has 0 aliphatic carbocycles. The van der Waals surface area contributed by atoms with Gasteiger partial charge in [-0.2, -0.15) is 0 Å². The maximum absolute atomic E-state index is 11.7. The average Bonchev–Trinajstić information content (AvgIpc) is 2.45. The first-order valence-corrected chi connectivity index (χ1v) is 6.81. The standard InChI is InChI=1S/C13H23N5O2/c1-5-7-15-11-10(20-4)12(17-8-16-11)18-9(3)13(19)14-6-2/h8-9H,5-7H2,1-4H3,(H,14,19)(H2,15,16,17,18). The summed E-state index contributed by atoms with van der Waals surface area (Å²) in [7, 11) is 1.55. The van der Waals surface area contributed by atoms with Crippen LogP contribution in [0, 0.1) is 0 Å². The molecule has 0 saturated carbocycles. The number of likely N-dealkylation sites (N-methyl/N-ethyl adjacent to an activating group) is 1. The third-order valence-electron chi connectivity index (χ3n) is 2.65. The van der Waals surface area contributed by atoms with Crippen LogP contribution in [-0.2, 0) is 4.79 Å². The largest absolute Gasteiger partial charge is 0.490 e. The zero-order valence-corrected chi connectivity index (χ0v) is 12.5. The molecule has 1 heterocycles. The second kappa shape index (κ2) is 8.19. The van der Waals surface area contributed by atoms with E-state index < -0.39 is 6.04 Å². The van der Waals surface area contributed by atoms with E-state index in [4.69, 9.17) is 4.74 Å². The summed E-state index contributed by atoms with van der Waals surface area (Å²) in [5.41, 5.74) is 0. The van der Waals surface area contributed by atoms with Gasteiger partial charge in [-0.1, -0.05) is 6.92 Å². The zero-order chi connectivity index (χ0) is 15.0. The van der Waals surface area contributed by atoms with Crippen molar-refractivity contribution in [1.29, 1.82) is 0 Å². The Morgan fingerprint density at radius 2 is 2.05 bits per heavy atom. The lowest BCUT2D eigenvalue weighted by atomic mass is 10.3. The van der Waals surface area contributed by atoms with E-state index >= 15 is 0 Å². The molecule has 1 aromatic rings. The van der Waals surface area contributed by atoms with Crippen molar-refractivity contribution >= 4 is 17.5 Å². The Kier molecular flexibility index (Phi) is 6.55. The number of methoxy groups -OCH3 is 1. The van der Waals surface area contributed by atoms with Gasteiger partial charge in [0.1, 0.15) is 12.4 Å². The predicted molar refractivity (Wildman–Crippen MR) is 79.1 cm³/mol. The van der Waals surface area contributed by atoms with Crippen molar-refractivity contribution in [2.24, 2.45) is 0 Å². The fourth-order valence-electron chi connectivity index (χ4n) is 1.64. The van der Waals surface area contributed by atoms with Crippen LogP contribution >= 0.6 is 0 Å². The van der Waals surface area contributed by atoms with Crippen LogP contribution in [0.4, 0.5) is 11.6 Å². The topological polar surface area (TPSA) is 88.2 Å². The number of nitrogens with zero attached hydrogens (tertiary/aromatic N) is 2. The molecular formula is C13H23N5O2. The van der Waals surface area contributed by atoms with E-state index in [1.807, 2.05) is 6.92 Å². The number of amides is 1. The number of rotatable bonds is 8. The van der Waals surface area contributed by atoms with E-state index in [0.29, 0.717) is 23.9 Å². The molecular weight excluding hydrogens is 258 g/mol. The number of hydrogen-bond donors (Lipinski definition) is 3. The van der Waals surface area contributed by atoms with Crippen molar-refractivity contribution in [2.45, 2.75) is 33.2 Å². The lowest BCUT2D eigenvalue weighted by Crippen LogP contribution is -2.37. The Morgan fingerprint density at radius 3 is 2.65 bits per heavy atom. The molecule has 1 unspecified atom stereocenters. The third-order valence-corrected chi connectivity index (χ3v) is 2.65. The van der Waals surface area contributed by atoms with E-state index in [-0.39, 0.29) is 5.91 Å². The molecule has 1 amide bonds. The van der Waals surface area contributed by atoms with Crippen LogP contribution in [0.25, 0.3) is 0 Å². The first kappa shape index (κ1) is 16.0. The lowest BCUT2D eigenvalue weighted by molar-refractivity contribution is -0.121. The molecule has 20 heavy (non-hydrogen) atoms. The van der Waals surface area contributed by atoms with Crippen molar-refractivity contribution in [1.82, 2.24) is 15.3 Å². The molecule has 0 aliphatic heterocycles. The SMILES string of the molecule is CCCNc1ncnc(NC(C)C(=O)NCC)c1OC. The van der Waals surface area contributed by atoms with Gasteiger partial charge in [0, 0.05) is 13.1 Å². The van der Waals surface area contributed by atoms with Crippen LogP contribution in [0.1, 0.15) is 27.2 Å². The molecule has 0 fully saturated rings. The van der Waals surface area contributed by atoms with Crippen molar-refractivity contribution in [3.8, 4) is 5.75 Å². The van der Waals surface area contributed by atoms with Crippen molar-refractivity contribution in [2.75, 3.05) is 30.8 Å². The summed E-state index contributed by atoms with van der Waals surface area (Å²) >= 11 is 0. The molecule has 0 radical (unpaired) electrons. The predicted octanol–water partition coefficient (Wildman–Crippen LogP) is 1.24. The minimum Gasteiger partial charge on any atom is -0.490 e. The number of hydrogen-bond acceptors (Lipinski definition) is 6. The molecule has 7 nitrogen and oxygen atoms in total. The van der Waals surface area contributed by atoms with Crippen LogP contribution in [-0.4, -0.2) is 42.1 Å². The highest BCUT2D eigenvalue weighted by Gasteiger charge is 2.17. The minimum absolute atomic E-state index is 0.0868. The number of anilines is 2. The summed E-state index contributed by atoms with van der Waals surface area (Å²) in [5.74, 6) is 1.54. The maximum atomic E-state index is 11.7. The van der Waals surface area contributed by atoms with Gasteiger partial charge in [0.2, 0.25) is 11.7 Å². The molecule has 0 aliphatic rings. The van der Waals surface area contributed by atoms with E-state index in [2.05, 4.69) is 32.8 Å². The van der Waals surface area contributed by atoms with Gasteiger partial charge in [0.05, 0.1) is 7.11 Å². The summed E-state index contributed by atoms with van der Waals surface area (Å²) in [5, 5.41) is 8.95. The third kappa shape index (κ3) is 4.25. The number of nitrogens with one attached hydrogen (secondary N) is 3. The quantitative estimate of drug-likeness (QED) is 0.664. The van der Waals surface area contributed by atoms with Gasteiger partial charge < -0.3 is 20.7 Å². The lowest BCUT2D eigenvalue weighted by Gasteiger charge is -2.17. The molecule has 112 valence electrons. The number of carbonyl (C=O) groups is 1. The summed E-state index contributed by atoms with van der Waals surface area (Å²) in [6, 6.07) is -0.405. The molecule has 0 bridgehead atoms.